The van der Waals surface area contributed by atoms with E-state index in [9.17, 15) is 19.7 Å². The van der Waals surface area contributed by atoms with E-state index in [-0.39, 0.29) is 30.7 Å². The van der Waals surface area contributed by atoms with Crippen molar-refractivity contribution in [1.29, 1.82) is 0 Å². The zero-order valence-corrected chi connectivity index (χ0v) is 24.6. The van der Waals surface area contributed by atoms with E-state index in [4.69, 9.17) is 18.9 Å². The van der Waals surface area contributed by atoms with Crippen LogP contribution in [-0.4, -0.2) is 47.8 Å². The zero-order chi connectivity index (χ0) is 28.6. The van der Waals surface area contributed by atoms with E-state index >= 15 is 0 Å². The van der Waals surface area contributed by atoms with Crippen molar-refractivity contribution in [3.05, 3.63) is 90.4 Å². The highest BCUT2D eigenvalue weighted by atomic mass is 127. The molecule has 0 N–H and O–H groups in total. The lowest BCUT2D eigenvalue weighted by molar-refractivity contribution is -0.384. The number of benzene rings is 3. The second-order valence-corrected chi connectivity index (χ2v) is 10.5. The van der Waals surface area contributed by atoms with Crippen LogP contribution in [0.25, 0.3) is 6.08 Å². The normalized spacial score (nSPS) is 14.0. The second kappa shape index (κ2) is 13.5. The third-order valence-corrected chi connectivity index (χ3v) is 7.38. The molecule has 1 aliphatic heterocycles. The van der Waals surface area contributed by atoms with Gasteiger partial charge in [0, 0.05) is 12.1 Å². The van der Waals surface area contributed by atoms with Crippen LogP contribution in [0.3, 0.4) is 0 Å². The Bertz CT molecular complexity index is 1440. The molecule has 4 rings (SSSR count). The van der Waals surface area contributed by atoms with Crippen molar-refractivity contribution in [3.8, 4) is 23.0 Å². The van der Waals surface area contributed by atoms with Crippen LogP contribution in [0, 0.1) is 13.7 Å². The fourth-order valence-electron chi connectivity index (χ4n) is 3.77. The van der Waals surface area contributed by atoms with Gasteiger partial charge >= 0.3 is 0 Å². The molecule has 1 fully saturated rings. The maximum atomic E-state index is 13.0. The van der Waals surface area contributed by atoms with Crippen LogP contribution < -0.4 is 18.9 Å². The molecule has 10 nitrogen and oxygen atoms in total. The highest BCUT2D eigenvalue weighted by Gasteiger charge is 2.35. The summed E-state index contributed by atoms with van der Waals surface area (Å²) in [4.78, 5) is 37.5. The van der Waals surface area contributed by atoms with Crippen molar-refractivity contribution < 1.29 is 33.5 Å². The van der Waals surface area contributed by atoms with E-state index in [1.807, 2.05) is 25.1 Å². The standard InChI is InChI=1S/C28H25IN2O8S/c1-3-37-24-15-19(14-21(29)26(24)39-17-18-8-10-20(11-9-18)31(34)35)16-25-27(32)30(28(33)40-25)12-13-38-23-7-5-4-6-22(23)36-2/h4-11,14-16H,3,12-13,17H2,1-2H3/b25-16-. The van der Waals surface area contributed by atoms with Gasteiger partial charge in [0.15, 0.2) is 23.0 Å². The second-order valence-electron chi connectivity index (χ2n) is 8.31. The Labute approximate surface area is 248 Å². The number of methoxy groups -OCH3 is 1. The predicted molar refractivity (Wildman–Crippen MR) is 159 cm³/mol. The SMILES string of the molecule is CCOc1cc(/C=C2\SC(=O)N(CCOc3ccccc3OC)C2=O)cc(I)c1OCc1ccc([N+](=O)[O-])cc1. The van der Waals surface area contributed by atoms with Crippen LogP contribution in [0.1, 0.15) is 18.1 Å². The van der Waals surface area contributed by atoms with Gasteiger partial charge in [-0.3, -0.25) is 24.6 Å². The topological polar surface area (TPSA) is 117 Å². The summed E-state index contributed by atoms with van der Waals surface area (Å²) in [5, 5.41) is 10.5. The minimum Gasteiger partial charge on any atom is -0.493 e. The Morgan fingerprint density at radius 2 is 1.73 bits per heavy atom. The Hall–Kier alpha value is -3.78. The number of hydrogen-bond acceptors (Lipinski definition) is 9. The molecule has 12 heteroatoms. The summed E-state index contributed by atoms with van der Waals surface area (Å²) in [7, 11) is 1.54. The first-order chi connectivity index (χ1) is 19.3. The third-order valence-electron chi connectivity index (χ3n) is 5.67. The number of hydrogen-bond donors (Lipinski definition) is 0. The lowest BCUT2D eigenvalue weighted by Gasteiger charge is -2.15. The van der Waals surface area contributed by atoms with Crippen molar-refractivity contribution in [1.82, 2.24) is 4.90 Å². The number of halogens is 1. The van der Waals surface area contributed by atoms with E-state index in [0.29, 0.717) is 40.1 Å². The van der Waals surface area contributed by atoms with Crippen LogP contribution in [0.2, 0.25) is 0 Å². The zero-order valence-electron chi connectivity index (χ0n) is 21.6. The number of rotatable bonds is 12. The molecule has 3 aromatic carbocycles. The van der Waals surface area contributed by atoms with Crippen LogP contribution in [0.4, 0.5) is 10.5 Å². The summed E-state index contributed by atoms with van der Waals surface area (Å²) >= 11 is 2.98. The number of imide groups is 1. The number of non-ortho nitro benzene ring substituents is 1. The van der Waals surface area contributed by atoms with E-state index in [1.54, 1.807) is 43.5 Å². The molecule has 1 saturated heterocycles. The minimum atomic E-state index is -0.454. The van der Waals surface area contributed by atoms with Gasteiger partial charge in [-0.2, -0.15) is 0 Å². The maximum Gasteiger partial charge on any atom is 0.293 e. The molecular weight excluding hydrogens is 651 g/mol. The van der Waals surface area contributed by atoms with Crippen molar-refractivity contribution in [2.75, 3.05) is 26.9 Å². The van der Waals surface area contributed by atoms with Crippen molar-refractivity contribution in [2.45, 2.75) is 13.5 Å². The lowest BCUT2D eigenvalue weighted by atomic mass is 10.1. The van der Waals surface area contributed by atoms with Gasteiger partial charge in [0.1, 0.15) is 13.2 Å². The fourth-order valence-corrected chi connectivity index (χ4v) is 5.42. The van der Waals surface area contributed by atoms with Gasteiger partial charge in [-0.15, -0.1) is 0 Å². The molecule has 1 heterocycles. The number of ether oxygens (including phenoxy) is 4. The van der Waals surface area contributed by atoms with Gasteiger partial charge in [0.2, 0.25) is 0 Å². The van der Waals surface area contributed by atoms with Crippen LogP contribution in [0.15, 0.2) is 65.6 Å². The van der Waals surface area contributed by atoms with Crippen molar-refractivity contribution >= 4 is 57.3 Å². The van der Waals surface area contributed by atoms with Gasteiger partial charge in [-0.1, -0.05) is 12.1 Å². The molecule has 0 radical (unpaired) electrons. The molecule has 0 aliphatic carbocycles. The Balaban J connectivity index is 1.45. The van der Waals surface area contributed by atoms with E-state index in [0.717, 1.165) is 25.8 Å². The molecule has 0 aromatic heterocycles. The summed E-state index contributed by atoms with van der Waals surface area (Å²) in [6.07, 6.45) is 1.65. The number of carbonyl (C=O) groups excluding carboxylic acids is 2. The van der Waals surface area contributed by atoms with E-state index in [1.165, 1.54) is 12.1 Å². The lowest BCUT2D eigenvalue weighted by Crippen LogP contribution is -2.32. The number of para-hydroxylation sites is 2. The number of nitrogens with zero attached hydrogens (tertiary/aromatic N) is 2. The van der Waals surface area contributed by atoms with E-state index in [2.05, 4.69) is 22.6 Å². The highest BCUT2D eigenvalue weighted by Crippen LogP contribution is 2.38. The molecular formula is C28H25IN2O8S. The molecule has 1 aliphatic rings. The monoisotopic (exact) mass is 676 g/mol. The third kappa shape index (κ3) is 7.04. The van der Waals surface area contributed by atoms with Crippen molar-refractivity contribution in [2.24, 2.45) is 0 Å². The first-order valence-electron chi connectivity index (χ1n) is 12.1. The Morgan fingerprint density at radius 3 is 2.40 bits per heavy atom. The first-order valence-corrected chi connectivity index (χ1v) is 14.0. The largest absolute Gasteiger partial charge is 0.493 e. The van der Waals surface area contributed by atoms with E-state index < -0.39 is 10.8 Å². The molecule has 0 saturated carbocycles. The summed E-state index contributed by atoms with van der Waals surface area (Å²) in [6.45, 7) is 2.63. The van der Waals surface area contributed by atoms with Crippen LogP contribution >= 0.6 is 34.4 Å². The van der Waals surface area contributed by atoms with Crippen molar-refractivity contribution in [3.63, 3.8) is 0 Å². The Kier molecular flexibility index (Phi) is 9.88. The molecule has 0 spiro atoms. The molecule has 0 unspecified atom stereocenters. The smallest absolute Gasteiger partial charge is 0.293 e. The average Bonchev–Trinajstić information content (AvgIpc) is 3.20. The number of nitro groups is 1. The number of nitro benzene ring substituents is 1. The number of carbonyl (C=O) groups is 2. The maximum absolute atomic E-state index is 13.0. The summed E-state index contributed by atoms with van der Waals surface area (Å²) in [5.74, 6) is 1.69. The van der Waals surface area contributed by atoms with Gasteiger partial charge in [0.25, 0.3) is 16.8 Å². The molecule has 0 atom stereocenters. The Morgan fingerprint density at radius 1 is 1.00 bits per heavy atom. The predicted octanol–water partition coefficient (Wildman–Crippen LogP) is 6.30. The van der Waals surface area contributed by atoms with Gasteiger partial charge in [-0.05, 0) is 94.9 Å². The molecule has 208 valence electrons. The van der Waals surface area contributed by atoms with Crippen LogP contribution in [-0.2, 0) is 11.4 Å². The molecule has 3 aromatic rings. The quantitative estimate of drug-likeness (QED) is 0.0943. The summed E-state index contributed by atoms with van der Waals surface area (Å²) < 4.78 is 23.5. The molecule has 40 heavy (non-hydrogen) atoms. The summed E-state index contributed by atoms with van der Waals surface area (Å²) in [6, 6.07) is 16.8. The van der Waals surface area contributed by atoms with Crippen LogP contribution in [0.5, 0.6) is 23.0 Å². The van der Waals surface area contributed by atoms with Gasteiger partial charge in [0.05, 0.1) is 33.7 Å². The summed E-state index contributed by atoms with van der Waals surface area (Å²) in [5.41, 5.74) is 1.44. The van der Waals surface area contributed by atoms with Gasteiger partial charge in [-0.25, -0.2) is 0 Å². The number of amides is 2. The fraction of sp³-hybridized carbons (Fsp3) is 0.214. The highest BCUT2D eigenvalue weighted by molar-refractivity contribution is 14.1. The molecule has 0 bridgehead atoms. The number of thioether (sulfide) groups is 1. The van der Waals surface area contributed by atoms with Gasteiger partial charge < -0.3 is 18.9 Å². The average molecular weight is 676 g/mol. The molecule has 2 amide bonds. The minimum absolute atomic E-state index is 0.00561. The first kappa shape index (κ1) is 29.2.